The van der Waals surface area contributed by atoms with Crippen molar-refractivity contribution in [2.24, 2.45) is 11.8 Å². The first-order valence-electron chi connectivity index (χ1n) is 20.7. The van der Waals surface area contributed by atoms with E-state index in [-0.39, 0.29) is 63.2 Å². The molecule has 0 bridgehead atoms. The number of hydrogen-bond donors (Lipinski definition) is 7. The minimum Gasteiger partial charge on any atom is -0.395 e. The first kappa shape index (κ1) is 48.0. The summed E-state index contributed by atoms with van der Waals surface area (Å²) >= 11 is 0. The third kappa shape index (κ3) is 18.0. The Hall–Kier alpha value is -5.41. The number of allylic oxidation sites excluding steroid dienone is 1. The smallest absolute Gasteiger partial charge is 0.243 e. The summed E-state index contributed by atoms with van der Waals surface area (Å²) in [6.07, 6.45) is 5.77. The number of aromatic amines is 1. The first-order valence-corrected chi connectivity index (χ1v) is 20.7. The second-order valence-corrected chi connectivity index (χ2v) is 15.7. The number of rotatable bonds is 26. The molecule has 0 fully saturated rings. The van der Waals surface area contributed by atoms with E-state index in [9.17, 15) is 29.1 Å². The lowest BCUT2D eigenvalue weighted by atomic mass is 9.99. The summed E-state index contributed by atoms with van der Waals surface area (Å²) < 4.78 is 0. The highest BCUT2D eigenvalue weighted by molar-refractivity contribution is 5.95. The molecule has 59 heavy (non-hydrogen) atoms. The number of aryl methyl sites for hydroxylation is 1. The topological polar surface area (TPSA) is 211 Å². The van der Waals surface area contributed by atoms with E-state index < -0.39 is 47.8 Å². The molecular weight excluding hydrogens is 751 g/mol. The average molecular weight is 816 g/mol. The second-order valence-electron chi connectivity index (χ2n) is 15.7. The molecule has 4 atom stereocenters. The van der Waals surface area contributed by atoms with Crippen molar-refractivity contribution in [1.29, 1.82) is 0 Å². The lowest BCUT2D eigenvalue weighted by molar-refractivity contribution is -0.135. The molecule has 0 spiro atoms. The number of H-pyrrole nitrogens is 1. The fraction of sp³-hybridized carbons (Fsp3) is 0.523. The van der Waals surface area contributed by atoms with Gasteiger partial charge in [-0.3, -0.25) is 28.9 Å². The number of hydrogen-bond acceptors (Lipinski definition) is 9. The molecule has 322 valence electrons. The molecule has 3 rings (SSSR count). The molecule has 0 saturated carbocycles. The van der Waals surface area contributed by atoms with Crippen LogP contribution >= 0.6 is 0 Å². The van der Waals surface area contributed by atoms with Crippen LogP contribution in [-0.4, -0.2) is 105 Å². The fourth-order valence-electron chi connectivity index (χ4n) is 6.61. The lowest BCUT2D eigenvalue weighted by Crippen LogP contribution is -2.59. The molecule has 0 aliphatic rings. The number of carbonyl (C=O) groups is 5. The van der Waals surface area contributed by atoms with E-state index >= 15 is 0 Å². The van der Waals surface area contributed by atoms with E-state index in [0.717, 1.165) is 23.1 Å². The van der Waals surface area contributed by atoms with E-state index in [1.165, 1.54) is 6.20 Å². The van der Waals surface area contributed by atoms with Crippen molar-refractivity contribution in [3.05, 3.63) is 95.3 Å². The number of amides is 5. The van der Waals surface area contributed by atoms with Crippen molar-refractivity contribution in [2.45, 2.75) is 111 Å². The summed E-state index contributed by atoms with van der Waals surface area (Å²) in [5.74, 6) is -2.41. The molecule has 0 radical (unpaired) electrons. The standard InChI is InChI=1S/C44H65N9O6/c1-7-32(8-2)28-53(21-22-54)29-40(55)47-36(20-19-33-15-11-9-12-16-33)42(57)49-38(24-31(5)6)43(58)50-39(25-34-17-13-10-14-18-34)44(59)48-37(23-30(3)4)41(56)45-26-35-27-46-52-51-35/h7,9-18,27,30-31,36-39,54H,8,19-26,28-29H2,1-6H3,(H,45,56)(H,47,55)(H,48,59)(H,49,57)(H,50,58)(H,46,51,52)/b32-7+/t36-,37-,38-,39-/m0/s1. The number of aromatic nitrogens is 3. The SMILES string of the molecule is C/C=C(\CC)CN(CCO)CC(=O)N[C@@H](CCc1ccccc1)C(=O)N[C@@H](CC(C)C)C(=O)N[C@@H](Cc1ccccc1)C(=O)N[C@@H](CC(C)C)C(=O)NCc1cn[nH]n1. The van der Waals surface area contributed by atoms with Gasteiger partial charge in [0.2, 0.25) is 29.5 Å². The molecule has 0 unspecified atom stereocenters. The number of aliphatic hydroxyl groups is 1. The normalized spacial score (nSPS) is 13.7. The number of nitrogens with zero attached hydrogens (tertiary/aromatic N) is 3. The quantitative estimate of drug-likeness (QED) is 0.0594. The van der Waals surface area contributed by atoms with Gasteiger partial charge in [-0.05, 0) is 62.0 Å². The molecule has 0 aliphatic heterocycles. The molecule has 5 amide bonds. The number of nitrogens with one attached hydrogen (secondary N) is 6. The molecule has 7 N–H and O–H groups in total. The zero-order chi connectivity index (χ0) is 43.2. The zero-order valence-corrected chi connectivity index (χ0v) is 35.5. The number of benzene rings is 2. The molecule has 0 aliphatic carbocycles. The van der Waals surface area contributed by atoms with E-state index in [1.54, 1.807) is 0 Å². The van der Waals surface area contributed by atoms with E-state index in [0.29, 0.717) is 25.1 Å². The van der Waals surface area contributed by atoms with Gasteiger partial charge in [0.05, 0.1) is 25.9 Å². The van der Waals surface area contributed by atoms with Crippen LogP contribution < -0.4 is 26.6 Å². The van der Waals surface area contributed by atoms with Gasteiger partial charge >= 0.3 is 0 Å². The Bertz CT molecular complexity index is 1750. The van der Waals surface area contributed by atoms with Gasteiger partial charge in [0.15, 0.2) is 0 Å². The van der Waals surface area contributed by atoms with Crippen molar-refractivity contribution in [3.63, 3.8) is 0 Å². The minimum absolute atomic E-state index is 0.0277. The summed E-state index contributed by atoms with van der Waals surface area (Å²) in [5.41, 5.74) is 3.41. The van der Waals surface area contributed by atoms with Crippen LogP contribution in [0.25, 0.3) is 0 Å². The largest absolute Gasteiger partial charge is 0.395 e. The number of aliphatic hydroxyl groups excluding tert-OH is 1. The monoisotopic (exact) mass is 816 g/mol. The van der Waals surface area contributed by atoms with Crippen molar-refractivity contribution in [3.8, 4) is 0 Å². The molecule has 15 nitrogen and oxygen atoms in total. The van der Waals surface area contributed by atoms with Gasteiger partial charge in [0.1, 0.15) is 29.9 Å². The first-order chi connectivity index (χ1) is 28.3. The van der Waals surface area contributed by atoms with Gasteiger partial charge < -0.3 is 31.7 Å². The highest BCUT2D eigenvalue weighted by Crippen LogP contribution is 2.13. The molecule has 1 aromatic heterocycles. The third-order valence-corrected chi connectivity index (χ3v) is 9.79. The molecule has 0 saturated heterocycles. The Morgan fingerprint density at radius 2 is 1.31 bits per heavy atom. The molecule has 2 aromatic carbocycles. The van der Waals surface area contributed by atoms with Crippen molar-refractivity contribution < 1.29 is 29.1 Å². The van der Waals surface area contributed by atoms with Crippen LogP contribution in [0.4, 0.5) is 0 Å². The lowest BCUT2D eigenvalue weighted by Gasteiger charge is -2.28. The molecular formula is C44H65N9O6. The van der Waals surface area contributed by atoms with Crippen molar-refractivity contribution in [2.75, 3.05) is 26.2 Å². The molecule has 1 heterocycles. The van der Waals surface area contributed by atoms with Gasteiger partial charge in [0.25, 0.3) is 0 Å². The van der Waals surface area contributed by atoms with Gasteiger partial charge in [-0.15, -0.1) is 0 Å². The van der Waals surface area contributed by atoms with Crippen LogP contribution in [0.15, 0.2) is 78.5 Å². The van der Waals surface area contributed by atoms with Gasteiger partial charge in [0, 0.05) is 19.5 Å². The predicted molar refractivity (Wildman–Crippen MR) is 227 cm³/mol. The van der Waals surface area contributed by atoms with Crippen LogP contribution in [0.5, 0.6) is 0 Å². The van der Waals surface area contributed by atoms with Gasteiger partial charge in [-0.25, -0.2) is 0 Å². The summed E-state index contributed by atoms with van der Waals surface area (Å²) in [5, 5.41) is 34.3. The van der Waals surface area contributed by atoms with E-state index in [2.05, 4.69) is 42.0 Å². The Morgan fingerprint density at radius 3 is 1.85 bits per heavy atom. The van der Waals surface area contributed by atoms with Crippen molar-refractivity contribution >= 4 is 29.5 Å². The molecule has 3 aromatic rings. The fourth-order valence-corrected chi connectivity index (χ4v) is 6.61. The Kier molecular flexibility index (Phi) is 21.0. The minimum atomic E-state index is -1.09. The van der Waals surface area contributed by atoms with Crippen LogP contribution in [0.1, 0.15) is 84.0 Å². The third-order valence-electron chi connectivity index (χ3n) is 9.79. The van der Waals surface area contributed by atoms with E-state index in [4.69, 9.17) is 0 Å². The zero-order valence-electron chi connectivity index (χ0n) is 35.5. The summed E-state index contributed by atoms with van der Waals surface area (Å²) in [6, 6.07) is 14.8. The predicted octanol–water partition coefficient (Wildman–Crippen LogP) is 2.98. The maximum absolute atomic E-state index is 14.2. The van der Waals surface area contributed by atoms with Gasteiger partial charge in [-0.2, -0.15) is 15.4 Å². The summed E-state index contributed by atoms with van der Waals surface area (Å²) in [4.78, 5) is 71.2. The summed E-state index contributed by atoms with van der Waals surface area (Å²) in [7, 11) is 0. The Morgan fingerprint density at radius 1 is 0.746 bits per heavy atom. The second kappa shape index (κ2) is 25.8. The Balaban J connectivity index is 1.84. The summed E-state index contributed by atoms with van der Waals surface area (Å²) in [6.45, 7) is 12.4. The maximum atomic E-state index is 14.2. The average Bonchev–Trinajstić information content (AvgIpc) is 3.74. The highest BCUT2D eigenvalue weighted by Gasteiger charge is 2.32. The van der Waals surface area contributed by atoms with Crippen LogP contribution in [-0.2, 0) is 43.4 Å². The van der Waals surface area contributed by atoms with E-state index in [1.807, 2.05) is 113 Å². The maximum Gasteiger partial charge on any atom is 0.243 e. The Labute approximate surface area is 349 Å². The van der Waals surface area contributed by atoms with Gasteiger partial charge in [-0.1, -0.05) is 107 Å². The van der Waals surface area contributed by atoms with Crippen molar-refractivity contribution in [1.82, 2.24) is 46.9 Å². The van der Waals surface area contributed by atoms with Crippen LogP contribution in [0.2, 0.25) is 0 Å². The highest BCUT2D eigenvalue weighted by atomic mass is 16.3. The number of carbonyl (C=O) groups excluding carboxylic acids is 5. The van der Waals surface area contributed by atoms with Crippen LogP contribution in [0, 0.1) is 11.8 Å². The molecule has 15 heteroatoms. The van der Waals surface area contributed by atoms with Crippen LogP contribution in [0.3, 0.4) is 0 Å².